The van der Waals surface area contributed by atoms with Gasteiger partial charge in [0.1, 0.15) is 30.4 Å². The van der Waals surface area contributed by atoms with Crippen molar-refractivity contribution >= 4 is 49.6 Å². The van der Waals surface area contributed by atoms with E-state index in [1.54, 1.807) is 72.3 Å². The molecule has 0 spiro atoms. The Morgan fingerprint density at radius 1 is 0.586 bits per heavy atom. The number of amides is 5. The molecule has 0 aliphatic carbocycles. The van der Waals surface area contributed by atoms with Crippen LogP contribution in [0.25, 0.3) is 0 Å². The molecule has 0 aliphatic rings. The number of aryl methyl sites for hydroxylation is 2. The van der Waals surface area contributed by atoms with Gasteiger partial charge in [0.15, 0.2) is 0 Å². The molecule has 0 fully saturated rings. The molecule has 0 aliphatic heterocycles. The predicted molar refractivity (Wildman–Crippen MR) is 352 cm³/mol. The Balaban J connectivity index is 0.954. The highest BCUT2D eigenvalue weighted by Gasteiger charge is 2.41. The third-order valence-electron chi connectivity index (χ3n) is 14.4. The summed E-state index contributed by atoms with van der Waals surface area (Å²) >= 11 is 0. The molecule has 6 N–H and O–H groups in total. The van der Waals surface area contributed by atoms with Crippen LogP contribution in [-0.4, -0.2) is 235 Å². The van der Waals surface area contributed by atoms with E-state index in [1.807, 2.05) is 6.92 Å². The standard InChI is InChI=1S/C62H97FN16O18S2/c1-45(2)57(60(83)70-85)78(99(88,89)53-18-14-51(90-9)15-19-53)42-49-40-75(72-68-49)25-29-93-33-37-95-35-31-91-27-23-64-55(80)21-20-54(66-56(81)44-77-39-48(67-74-77)11-10-22-63)59(82)65-24-28-92-32-36-96-38-34-94-30-26-76-41-50(69-73-76)43-79(98(86,87)52-16-12-47(5)13-17-52)58(46(3)4)61(84)71-97-62(6,7)8/h12-19,39-41,45-46,54,57-58,85H,10-11,20-38,42-44H2,1-9H3,(H,64,80)(H,65,82)(H,66,81)(H,70,83)(H,71,84)/t54?,57-,58-/m1/s1. The molecule has 1 unspecified atom stereocenters. The molecule has 5 amide bonds. The molecule has 2 aromatic carbocycles. The largest absolute Gasteiger partial charge is 0.497 e. The molecule has 0 saturated heterocycles. The molecule has 34 nitrogen and oxygen atoms in total. The van der Waals surface area contributed by atoms with Gasteiger partial charge < -0.3 is 49.1 Å². The van der Waals surface area contributed by atoms with Crippen molar-refractivity contribution in [3.8, 4) is 5.75 Å². The molecule has 3 heterocycles. The van der Waals surface area contributed by atoms with Crippen LogP contribution in [-0.2, 0) is 116 Å². The molecule has 0 radical (unpaired) electrons. The van der Waals surface area contributed by atoms with Gasteiger partial charge in [0.2, 0.25) is 37.8 Å². The van der Waals surface area contributed by atoms with Crippen molar-refractivity contribution in [1.29, 1.82) is 0 Å². The molecular formula is C62H97FN16O18S2. The Kier molecular flexibility index (Phi) is 35.3. The van der Waals surface area contributed by atoms with Crippen LogP contribution in [0.1, 0.15) is 90.4 Å². The minimum atomic E-state index is -4.28. The van der Waals surface area contributed by atoms with Crippen LogP contribution in [0.15, 0.2) is 76.9 Å². The maximum absolute atomic E-state index is 14.2. The number of alkyl halides is 1. The highest BCUT2D eigenvalue weighted by molar-refractivity contribution is 7.89. The summed E-state index contributed by atoms with van der Waals surface area (Å²) in [5.74, 6) is -3.59. The minimum absolute atomic E-state index is 0.0192. The van der Waals surface area contributed by atoms with E-state index >= 15 is 0 Å². The fraction of sp³-hybridized carbons (Fsp3) is 0.629. The number of nitrogens with zero attached hydrogens (tertiary/aromatic N) is 11. The van der Waals surface area contributed by atoms with Crippen molar-refractivity contribution < 1.29 is 88.4 Å². The first-order chi connectivity index (χ1) is 47.2. The number of ether oxygens (including phenoxy) is 7. The summed E-state index contributed by atoms with van der Waals surface area (Å²) < 4.78 is 114. The van der Waals surface area contributed by atoms with Crippen LogP contribution in [0.2, 0.25) is 0 Å². The number of methoxy groups -OCH3 is 1. The van der Waals surface area contributed by atoms with Crippen molar-refractivity contribution in [2.45, 2.75) is 147 Å². The normalized spacial score (nSPS) is 13.0. The summed E-state index contributed by atoms with van der Waals surface area (Å²) in [5.41, 5.74) is 5.22. The number of benzene rings is 2. The van der Waals surface area contributed by atoms with E-state index < -0.39 is 85.9 Å². The number of halogens is 1. The number of rotatable bonds is 50. The van der Waals surface area contributed by atoms with Crippen molar-refractivity contribution in [3.05, 3.63) is 89.8 Å². The van der Waals surface area contributed by atoms with Gasteiger partial charge in [0, 0.05) is 38.1 Å². The lowest BCUT2D eigenvalue weighted by Gasteiger charge is -2.32. The zero-order chi connectivity index (χ0) is 72.4. The maximum Gasteiger partial charge on any atom is 0.262 e. The molecule has 99 heavy (non-hydrogen) atoms. The van der Waals surface area contributed by atoms with E-state index in [0.717, 1.165) is 14.2 Å². The van der Waals surface area contributed by atoms with Crippen molar-refractivity contribution in [1.82, 2.24) is 80.5 Å². The summed E-state index contributed by atoms with van der Waals surface area (Å²) in [4.78, 5) is 71.1. The highest BCUT2D eigenvalue weighted by atomic mass is 32.2. The molecule has 3 atom stereocenters. The van der Waals surface area contributed by atoms with Crippen LogP contribution in [0.5, 0.6) is 5.75 Å². The fourth-order valence-corrected chi connectivity index (χ4v) is 12.8. The van der Waals surface area contributed by atoms with E-state index in [2.05, 4.69) is 52.4 Å². The van der Waals surface area contributed by atoms with Gasteiger partial charge in [0.25, 0.3) is 11.8 Å². The van der Waals surface area contributed by atoms with Crippen LogP contribution in [0.4, 0.5) is 4.39 Å². The Morgan fingerprint density at radius 2 is 1.03 bits per heavy atom. The predicted octanol–water partition coefficient (Wildman–Crippen LogP) is 1.46. The Bertz CT molecular complexity index is 3470. The second-order valence-electron chi connectivity index (χ2n) is 24.2. The molecule has 37 heteroatoms. The number of carbonyl (C=O) groups is 5. The third kappa shape index (κ3) is 28.9. The first-order valence-electron chi connectivity index (χ1n) is 32.5. The van der Waals surface area contributed by atoms with E-state index in [-0.39, 0.29) is 166 Å². The average molecular weight is 1440 g/mol. The zero-order valence-electron chi connectivity index (χ0n) is 57.7. The number of hydroxylamine groups is 2. The van der Waals surface area contributed by atoms with E-state index in [4.69, 9.17) is 38.0 Å². The van der Waals surface area contributed by atoms with Gasteiger partial charge in [-0.1, -0.05) is 61.0 Å². The summed E-state index contributed by atoms with van der Waals surface area (Å²) in [6.45, 7) is 15.9. The van der Waals surface area contributed by atoms with Gasteiger partial charge in [-0.15, -0.1) is 15.3 Å². The van der Waals surface area contributed by atoms with Gasteiger partial charge in [-0.25, -0.2) is 41.8 Å². The maximum atomic E-state index is 14.2. The lowest BCUT2D eigenvalue weighted by molar-refractivity contribution is -0.151. The zero-order valence-corrected chi connectivity index (χ0v) is 59.3. The molecule has 5 aromatic rings. The molecule has 3 aromatic heterocycles. The second-order valence-corrected chi connectivity index (χ2v) is 28.0. The molecule has 552 valence electrons. The first kappa shape index (κ1) is 82.1. The Morgan fingerprint density at radius 3 is 1.51 bits per heavy atom. The van der Waals surface area contributed by atoms with Gasteiger partial charge in [0.05, 0.1) is 152 Å². The summed E-state index contributed by atoms with van der Waals surface area (Å²) in [6.07, 6.45) is 5.07. The quantitative estimate of drug-likeness (QED) is 0.0182. The summed E-state index contributed by atoms with van der Waals surface area (Å²) in [7, 11) is -7.04. The summed E-state index contributed by atoms with van der Waals surface area (Å²) in [5, 5.41) is 42.0. The van der Waals surface area contributed by atoms with Crippen molar-refractivity contribution in [3.63, 3.8) is 0 Å². The monoisotopic (exact) mass is 1440 g/mol. The number of aromatic nitrogens is 9. The Hall–Kier alpha value is -7.56. The van der Waals surface area contributed by atoms with Gasteiger partial charge in [-0.05, 0) is 95.2 Å². The lowest BCUT2D eigenvalue weighted by atomic mass is 10.0. The first-order valence-corrected chi connectivity index (χ1v) is 35.3. The summed E-state index contributed by atoms with van der Waals surface area (Å²) in [6, 6.07) is 8.51. The van der Waals surface area contributed by atoms with E-state index in [9.17, 15) is 50.4 Å². The number of sulfonamides is 2. The molecule has 0 bridgehead atoms. The highest BCUT2D eigenvalue weighted by Crippen LogP contribution is 2.28. The number of hydrogen-bond donors (Lipinski definition) is 6. The second kappa shape index (κ2) is 42.5. The van der Waals surface area contributed by atoms with E-state index in [0.29, 0.717) is 23.6 Å². The SMILES string of the molecule is COc1ccc(S(=O)(=O)N(Cc2cn(CCOCCOCCOCCNC(=O)CCC(NC(=O)Cn3cc(CCCF)nn3)C(=O)NCCOCCOCCOCCn3cc(CN([C@@H](C(=O)NOC(C)(C)C)C(C)C)S(=O)(=O)c4ccc(C)cc4)nn3)nn2)[C@@H](C(=O)NO)C(C)C)cc1. The number of hydrogen-bond acceptors (Lipinski definition) is 24. The number of nitrogens with one attached hydrogen (secondary N) is 5. The van der Waals surface area contributed by atoms with Crippen LogP contribution in [0, 0.1) is 18.8 Å². The van der Waals surface area contributed by atoms with Crippen LogP contribution < -0.4 is 31.6 Å². The molecule has 5 rings (SSSR count). The van der Waals surface area contributed by atoms with Gasteiger partial charge in [-0.2, -0.15) is 8.61 Å². The molecular weight excluding hydrogens is 1340 g/mol. The van der Waals surface area contributed by atoms with Crippen molar-refractivity contribution in [2.75, 3.05) is 106 Å². The topological polar surface area (TPSA) is 406 Å². The van der Waals surface area contributed by atoms with Crippen molar-refractivity contribution in [2.24, 2.45) is 11.8 Å². The molecule has 0 saturated carbocycles. The number of carbonyl (C=O) groups excluding carboxylic acids is 5. The van der Waals surface area contributed by atoms with E-state index in [1.165, 1.54) is 69.9 Å². The van der Waals surface area contributed by atoms with Crippen LogP contribution >= 0.6 is 0 Å². The van der Waals surface area contributed by atoms with Gasteiger partial charge >= 0.3 is 0 Å². The Labute approximate surface area is 576 Å². The third-order valence-corrected chi connectivity index (χ3v) is 18.1. The minimum Gasteiger partial charge on any atom is -0.497 e. The average Bonchev–Trinajstić information content (AvgIpc) is 0.887. The van der Waals surface area contributed by atoms with Crippen LogP contribution in [0.3, 0.4) is 0 Å². The smallest absolute Gasteiger partial charge is 0.262 e. The lowest BCUT2D eigenvalue weighted by Crippen LogP contribution is -2.52. The van der Waals surface area contributed by atoms with Gasteiger partial charge in [-0.3, -0.25) is 38.4 Å². The fourth-order valence-electron chi connectivity index (χ4n) is 9.45.